The van der Waals surface area contributed by atoms with Crippen LogP contribution >= 0.6 is 27.5 Å². The molecular weight excluding hydrogens is 308 g/mol. The second-order valence-corrected chi connectivity index (χ2v) is 4.50. The summed E-state index contributed by atoms with van der Waals surface area (Å²) < 4.78 is 13.6. The van der Waals surface area contributed by atoms with E-state index in [2.05, 4.69) is 31.2 Å². The van der Waals surface area contributed by atoms with Crippen molar-refractivity contribution in [1.82, 2.24) is 9.97 Å². The normalized spacial score (nSPS) is 15.0. The highest BCUT2D eigenvalue weighted by molar-refractivity contribution is 9.10. The van der Waals surface area contributed by atoms with E-state index in [1.807, 2.05) is 0 Å². The molecule has 0 bridgehead atoms. The van der Waals surface area contributed by atoms with Gasteiger partial charge in [0.05, 0.1) is 4.47 Å². The molecule has 17 heavy (non-hydrogen) atoms. The summed E-state index contributed by atoms with van der Waals surface area (Å²) in [4.78, 5) is 7.86. The number of halogens is 3. The molecule has 1 N–H and O–H groups in total. The highest BCUT2D eigenvalue weighted by Gasteiger charge is 2.06. The maximum Gasteiger partial charge on any atom is 0.224 e. The summed E-state index contributed by atoms with van der Waals surface area (Å²) in [6, 6.07) is 0. The van der Waals surface area contributed by atoms with Gasteiger partial charge in [0, 0.05) is 18.3 Å². The second-order valence-electron chi connectivity index (χ2n) is 3.31. The molecule has 6 heteroatoms. The Morgan fingerprint density at radius 3 is 3.06 bits per heavy atom. The molecule has 0 fully saturated rings. The lowest BCUT2D eigenvalue weighted by Gasteiger charge is -2.09. The zero-order valence-corrected chi connectivity index (χ0v) is 11.0. The van der Waals surface area contributed by atoms with Gasteiger partial charge in [0.2, 0.25) is 5.28 Å². The van der Waals surface area contributed by atoms with Gasteiger partial charge in [-0.15, -0.1) is 0 Å². The predicted molar refractivity (Wildman–Crippen MR) is 69.4 cm³/mol. The van der Waals surface area contributed by atoms with Gasteiger partial charge in [0.1, 0.15) is 11.6 Å². The predicted octanol–water partition coefficient (Wildman–Crippen LogP) is 4.00. The first kappa shape index (κ1) is 12.3. The van der Waals surface area contributed by atoms with E-state index in [1.54, 1.807) is 18.3 Å². The van der Waals surface area contributed by atoms with Crippen LogP contribution in [0.3, 0.4) is 0 Å². The van der Waals surface area contributed by atoms with Gasteiger partial charge < -0.3 is 5.32 Å². The van der Waals surface area contributed by atoms with Gasteiger partial charge in [-0.05, 0) is 45.8 Å². The Labute approximate surface area is 111 Å². The average molecular weight is 317 g/mol. The molecule has 1 heterocycles. The molecule has 0 atom stereocenters. The summed E-state index contributed by atoms with van der Waals surface area (Å²) >= 11 is 9.01. The second kappa shape index (κ2) is 5.42. The molecular formula is C11H8BrClFN3. The van der Waals surface area contributed by atoms with Crippen molar-refractivity contribution in [2.45, 2.75) is 6.42 Å². The average Bonchev–Trinajstić information content (AvgIpc) is 2.49. The Bertz CT molecular complexity index is 525. The number of hydrogen-bond acceptors (Lipinski definition) is 3. The van der Waals surface area contributed by atoms with E-state index in [9.17, 15) is 4.39 Å². The Morgan fingerprint density at radius 1 is 1.41 bits per heavy atom. The Morgan fingerprint density at radius 2 is 2.24 bits per heavy atom. The number of rotatable bonds is 2. The van der Waals surface area contributed by atoms with Crippen molar-refractivity contribution in [3.8, 4) is 0 Å². The van der Waals surface area contributed by atoms with E-state index in [0.717, 1.165) is 5.70 Å². The van der Waals surface area contributed by atoms with Crippen LogP contribution in [0.25, 0.3) is 0 Å². The molecule has 0 radical (unpaired) electrons. The van der Waals surface area contributed by atoms with Crippen molar-refractivity contribution in [3.05, 3.63) is 51.8 Å². The lowest BCUT2D eigenvalue weighted by atomic mass is 10.3. The number of allylic oxidation sites excluding steroid dienone is 5. The number of nitrogens with one attached hydrogen (secondary N) is 1. The number of anilines is 1. The van der Waals surface area contributed by atoms with Crippen LogP contribution in [0.15, 0.2) is 46.5 Å². The number of aromatic nitrogens is 2. The summed E-state index contributed by atoms with van der Waals surface area (Å²) in [5, 5.41) is 3.22. The Hall–Kier alpha value is -1.20. The van der Waals surface area contributed by atoms with E-state index in [0.29, 0.717) is 16.7 Å². The maximum atomic E-state index is 12.9. The van der Waals surface area contributed by atoms with Crippen LogP contribution < -0.4 is 5.32 Å². The molecule has 1 aliphatic rings. The van der Waals surface area contributed by atoms with Gasteiger partial charge in [-0.1, -0.05) is 6.08 Å². The third kappa shape index (κ3) is 3.38. The van der Waals surface area contributed by atoms with Crippen LogP contribution in [-0.2, 0) is 0 Å². The topological polar surface area (TPSA) is 37.8 Å². The molecule has 2 rings (SSSR count). The van der Waals surface area contributed by atoms with E-state index < -0.39 is 0 Å². The first-order valence-electron chi connectivity index (χ1n) is 4.83. The minimum absolute atomic E-state index is 0.155. The summed E-state index contributed by atoms with van der Waals surface area (Å²) in [7, 11) is 0. The molecule has 0 saturated heterocycles. The standard InChI is InChI=1S/C11H8BrClFN3/c12-9-6-15-11(13)17-10(9)16-8-3-1-2-7(14)4-5-8/h1-2,4-6H,3H2,(H,15,16,17). The van der Waals surface area contributed by atoms with Gasteiger partial charge in [0.15, 0.2) is 0 Å². The smallest absolute Gasteiger partial charge is 0.224 e. The largest absolute Gasteiger partial charge is 0.342 e. The molecule has 0 aromatic carbocycles. The molecule has 0 saturated carbocycles. The van der Waals surface area contributed by atoms with Crippen molar-refractivity contribution in [2.75, 3.05) is 5.32 Å². The Kier molecular flexibility index (Phi) is 3.91. The number of nitrogens with zero attached hydrogens (tertiary/aromatic N) is 2. The van der Waals surface area contributed by atoms with Gasteiger partial charge in [-0.2, -0.15) is 4.98 Å². The third-order valence-corrected chi connectivity index (χ3v) is 2.81. The fourth-order valence-corrected chi connectivity index (χ4v) is 1.70. The van der Waals surface area contributed by atoms with Crippen molar-refractivity contribution in [2.24, 2.45) is 0 Å². The fraction of sp³-hybridized carbons (Fsp3) is 0.0909. The fourth-order valence-electron chi connectivity index (χ4n) is 1.28. The van der Waals surface area contributed by atoms with E-state index >= 15 is 0 Å². The van der Waals surface area contributed by atoms with Crippen molar-refractivity contribution >= 4 is 33.3 Å². The monoisotopic (exact) mass is 315 g/mol. The van der Waals surface area contributed by atoms with Crippen molar-refractivity contribution in [1.29, 1.82) is 0 Å². The van der Waals surface area contributed by atoms with Gasteiger partial charge >= 0.3 is 0 Å². The molecule has 3 nitrogen and oxygen atoms in total. The minimum Gasteiger partial charge on any atom is -0.342 e. The van der Waals surface area contributed by atoms with E-state index in [1.165, 1.54) is 12.2 Å². The zero-order chi connectivity index (χ0) is 12.3. The third-order valence-electron chi connectivity index (χ3n) is 2.05. The Balaban J connectivity index is 2.21. The first-order valence-corrected chi connectivity index (χ1v) is 6.00. The van der Waals surface area contributed by atoms with Crippen molar-refractivity contribution in [3.63, 3.8) is 0 Å². The molecule has 0 amide bonds. The van der Waals surface area contributed by atoms with Crippen LogP contribution in [-0.4, -0.2) is 9.97 Å². The first-order chi connectivity index (χ1) is 8.15. The lowest BCUT2D eigenvalue weighted by molar-refractivity contribution is 0.667. The summed E-state index contributed by atoms with van der Waals surface area (Å²) in [5.74, 6) is 0.280. The van der Waals surface area contributed by atoms with Gasteiger partial charge in [0.25, 0.3) is 0 Å². The summed E-state index contributed by atoms with van der Waals surface area (Å²) in [5.41, 5.74) is 0.823. The summed E-state index contributed by atoms with van der Waals surface area (Å²) in [6.45, 7) is 0. The quantitative estimate of drug-likeness (QED) is 0.838. The van der Waals surface area contributed by atoms with Gasteiger partial charge in [-0.25, -0.2) is 9.37 Å². The van der Waals surface area contributed by atoms with E-state index in [-0.39, 0.29) is 11.1 Å². The van der Waals surface area contributed by atoms with Crippen LogP contribution in [0.5, 0.6) is 0 Å². The lowest BCUT2D eigenvalue weighted by Crippen LogP contribution is -2.02. The maximum absolute atomic E-state index is 12.9. The molecule has 0 unspecified atom stereocenters. The van der Waals surface area contributed by atoms with Gasteiger partial charge in [-0.3, -0.25) is 0 Å². The van der Waals surface area contributed by atoms with Crippen LogP contribution in [0.4, 0.5) is 10.2 Å². The molecule has 1 aliphatic carbocycles. The SMILES string of the molecule is FC1=CC=C(Nc2nc(Cl)ncc2Br)CC=C1. The molecule has 0 spiro atoms. The molecule has 1 aromatic rings. The highest BCUT2D eigenvalue weighted by Crippen LogP contribution is 2.23. The zero-order valence-electron chi connectivity index (χ0n) is 8.62. The highest BCUT2D eigenvalue weighted by atomic mass is 79.9. The van der Waals surface area contributed by atoms with Crippen LogP contribution in [0, 0.1) is 0 Å². The van der Waals surface area contributed by atoms with Crippen LogP contribution in [0.2, 0.25) is 5.28 Å². The van der Waals surface area contributed by atoms with E-state index in [4.69, 9.17) is 11.6 Å². The molecule has 88 valence electrons. The molecule has 0 aliphatic heterocycles. The minimum atomic E-state index is -0.276. The van der Waals surface area contributed by atoms with Crippen LogP contribution in [0.1, 0.15) is 6.42 Å². The summed E-state index contributed by atoms with van der Waals surface area (Å²) in [6.07, 6.45) is 8.36. The van der Waals surface area contributed by atoms with Crippen molar-refractivity contribution < 1.29 is 4.39 Å². The number of hydrogen-bond donors (Lipinski definition) is 1. The molecule has 1 aromatic heterocycles.